The Hall–Kier alpha value is -2.38. The number of aromatic nitrogens is 1. The van der Waals surface area contributed by atoms with E-state index in [1.54, 1.807) is 0 Å². The van der Waals surface area contributed by atoms with Crippen LogP contribution in [0.15, 0.2) is 30.3 Å². The number of nitrogens with one attached hydrogen (secondary N) is 2. The molecule has 0 radical (unpaired) electrons. The van der Waals surface area contributed by atoms with Gasteiger partial charge in [-0.1, -0.05) is 38.5 Å². The molecule has 1 spiro atoms. The first kappa shape index (κ1) is 26.7. The van der Waals surface area contributed by atoms with Gasteiger partial charge in [0.15, 0.2) is 0 Å². The van der Waals surface area contributed by atoms with Crippen LogP contribution in [0.25, 0.3) is 10.9 Å². The molecule has 1 aromatic carbocycles. The predicted molar refractivity (Wildman–Crippen MR) is 144 cm³/mol. The number of likely N-dealkylation sites (tertiary alicyclic amines) is 1. The highest BCUT2D eigenvalue weighted by molar-refractivity contribution is 5.90. The lowest BCUT2D eigenvalue weighted by molar-refractivity contribution is -0.138. The second-order valence-corrected chi connectivity index (χ2v) is 11.4. The first-order chi connectivity index (χ1) is 17.3. The van der Waals surface area contributed by atoms with Gasteiger partial charge in [0.2, 0.25) is 11.8 Å². The number of piperidine rings is 1. The third-order valence-electron chi connectivity index (χ3n) is 8.01. The zero-order valence-electron chi connectivity index (χ0n) is 22.5. The number of nitrogens with zero attached hydrogens (tertiary/aromatic N) is 2. The maximum absolute atomic E-state index is 13.8. The van der Waals surface area contributed by atoms with Gasteiger partial charge in [-0.2, -0.15) is 0 Å². The average Bonchev–Trinajstić information content (AvgIpc) is 3.16. The zero-order valence-corrected chi connectivity index (χ0v) is 22.5. The molecular formula is C29H44N4O3. The molecule has 7 nitrogen and oxygen atoms in total. The minimum absolute atomic E-state index is 0.0559. The van der Waals surface area contributed by atoms with Crippen molar-refractivity contribution >= 4 is 22.7 Å². The van der Waals surface area contributed by atoms with Crippen LogP contribution >= 0.6 is 0 Å². The molecule has 2 aliphatic heterocycles. The lowest BCUT2D eigenvalue weighted by atomic mass is 9.73. The van der Waals surface area contributed by atoms with E-state index in [1.807, 2.05) is 6.92 Å². The quantitative estimate of drug-likeness (QED) is 0.671. The molecule has 0 saturated carbocycles. The van der Waals surface area contributed by atoms with E-state index in [1.165, 1.54) is 16.6 Å². The van der Waals surface area contributed by atoms with Gasteiger partial charge in [-0.15, -0.1) is 0 Å². The number of hydrogen-bond donors (Lipinski definition) is 2. The average molecular weight is 497 g/mol. The molecule has 1 aromatic heterocycles. The SMILES string of the molecule is CC(C)C[C@@H]1NC(=O)C2(CCCCOC[C@@H](C)NC1=O)CCN(Cc1cc3ccccc3n1C)CC2. The largest absolute Gasteiger partial charge is 0.379 e. The monoisotopic (exact) mass is 496 g/mol. The molecule has 2 aromatic rings. The van der Waals surface area contributed by atoms with Crippen LogP contribution in [0.1, 0.15) is 65.0 Å². The summed E-state index contributed by atoms with van der Waals surface area (Å²) < 4.78 is 8.09. The summed E-state index contributed by atoms with van der Waals surface area (Å²) in [6.45, 7) is 9.95. The van der Waals surface area contributed by atoms with Crippen LogP contribution in [0.2, 0.25) is 0 Å². The Bertz CT molecular complexity index is 1040. The van der Waals surface area contributed by atoms with Crippen molar-refractivity contribution < 1.29 is 14.3 Å². The highest BCUT2D eigenvalue weighted by atomic mass is 16.5. The summed E-state index contributed by atoms with van der Waals surface area (Å²) in [4.78, 5) is 29.3. The Kier molecular flexibility index (Phi) is 8.73. The molecule has 0 bridgehead atoms. The summed E-state index contributed by atoms with van der Waals surface area (Å²) in [5.74, 6) is 0.262. The van der Waals surface area contributed by atoms with E-state index in [4.69, 9.17) is 4.74 Å². The van der Waals surface area contributed by atoms with Gasteiger partial charge in [-0.25, -0.2) is 0 Å². The van der Waals surface area contributed by atoms with Crippen molar-refractivity contribution in [1.82, 2.24) is 20.1 Å². The molecule has 198 valence electrons. The number of ether oxygens (including phenoxy) is 1. The normalized spacial score (nSPS) is 24.7. The van der Waals surface area contributed by atoms with Crippen LogP contribution < -0.4 is 10.6 Å². The molecule has 7 heteroatoms. The van der Waals surface area contributed by atoms with Gasteiger partial charge in [-0.05, 0) is 75.6 Å². The van der Waals surface area contributed by atoms with Gasteiger partial charge in [0.1, 0.15) is 6.04 Å². The number of carbonyl (C=O) groups is 2. The second-order valence-electron chi connectivity index (χ2n) is 11.4. The lowest BCUT2D eigenvalue weighted by Crippen LogP contribution is -2.55. The van der Waals surface area contributed by atoms with Crippen LogP contribution in [0.4, 0.5) is 0 Å². The molecule has 4 rings (SSSR count). The van der Waals surface area contributed by atoms with Gasteiger partial charge in [0, 0.05) is 37.5 Å². The Morgan fingerprint density at radius 1 is 1.08 bits per heavy atom. The summed E-state index contributed by atoms with van der Waals surface area (Å²) in [7, 11) is 2.13. The van der Waals surface area contributed by atoms with Crippen molar-refractivity contribution in [3.63, 3.8) is 0 Å². The third-order valence-corrected chi connectivity index (χ3v) is 8.01. The van der Waals surface area contributed by atoms with Crippen molar-refractivity contribution in [2.24, 2.45) is 18.4 Å². The molecule has 2 atom stereocenters. The van der Waals surface area contributed by atoms with Crippen molar-refractivity contribution in [2.45, 2.75) is 77.9 Å². The topological polar surface area (TPSA) is 75.6 Å². The molecule has 0 unspecified atom stereocenters. The van der Waals surface area contributed by atoms with Crippen LogP contribution in [0, 0.1) is 11.3 Å². The van der Waals surface area contributed by atoms with E-state index in [2.05, 4.69) is 71.3 Å². The molecular weight excluding hydrogens is 452 g/mol. The number of fused-ring (bicyclic) bond motifs is 1. The Labute approximate surface area is 215 Å². The maximum Gasteiger partial charge on any atom is 0.242 e. The van der Waals surface area contributed by atoms with Crippen LogP contribution in [-0.2, 0) is 27.9 Å². The van der Waals surface area contributed by atoms with Gasteiger partial charge < -0.3 is 19.9 Å². The number of para-hydroxylation sites is 1. The first-order valence-corrected chi connectivity index (χ1v) is 13.7. The highest BCUT2D eigenvalue weighted by Crippen LogP contribution is 2.38. The smallest absolute Gasteiger partial charge is 0.242 e. The molecule has 36 heavy (non-hydrogen) atoms. The first-order valence-electron chi connectivity index (χ1n) is 13.7. The zero-order chi connectivity index (χ0) is 25.7. The lowest BCUT2D eigenvalue weighted by Gasteiger charge is -2.41. The summed E-state index contributed by atoms with van der Waals surface area (Å²) >= 11 is 0. The van der Waals surface area contributed by atoms with Gasteiger partial charge >= 0.3 is 0 Å². The van der Waals surface area contributed by atoms with Crippen molar-refractivity contribution in [2.75, 3.05) is 26.3 Å². The molecule has 2 N–H and O–H groups in total. The van der Waals surface area contributed by atoms with E-state index >= 15 is 0 Å². The Morgan fingerprint density at radius 2 is 1.83 bits per heavy atom. The van der Waals surface area contributed by atoms with E-state index < -0.39 is 11.5 Å². The van der Waals surface area contributed by atoms with Crippen molar-refractivity contribution in [3.8, 4) is 0 Å². The van der Waals surface area contributed by atoms with Gasteiger partial charge in [-0.3, -0.25) is 14.5 Å². The number of amides is 2. The summed E-state index contributed by atoms with van der Waals surface area (Å²) in [5, 5.41) is 7.51. The van der Waals surface area contributed by atoms with E-state index in [-0.39, 0.29) is 17.9 Å². The second kappa shape index (κ2) is 11.8. The summed E-state index contributed by atoms with van der Waals surface area (Å²) in [6, 6.07) is 10.2. The predicted octanol–water partition coefficient (Wildman–Crippen LogP) is 4.00. The molecule has 0 aliphatic carbocycles. The third kappa shape index (κ3) is 6.30. The number of benzene rings is 1. The van der Waals surface area contributed by atoms with E-state index in [0.717, 1.165) is 51.7 Å². The van der Waals surface area contributed by atoms with E-state index in [9.17, 15) is 9.59 Å². The van der Waals surface area contributed by atoms with Crippen molar-refractivity contribution in [1.29, 1.82) is 0 Å². The number of carbonyl (C=O) groups excluding carboxylic acids is 2. The van der Waals surface area contributed by atoms with Crippen molar-refractivity contribution in [3.05, 3.63) is 36.0 Å². The Balaban J connectivity index is 1.47. The van der Waals surface area contributed by atoms with Crippen LogP contribution in [0.5, 0.6) is 0 Å². The fraction of sp³-hybridized carbons (Fsp3) is 0.655. The van der Waals surface area contributed by atoms with Gasteiger partial charge in [0.05, 0.1) is 12.0 Å². The summed E-state index contributed by atoms with van der Waals surface area (Å²) in [5.41, 5.74) is 2.12. The number of hydrogen-bond acceptors (Lipinski definition) is 4. The fourth-order valence-electron chi connectivity index (χ4n) is 5.78. The number of aryl methyl sites for hydroxylation is 1. The van der Waals surface area contributed by atoms with Gasteiger partial charge in [0.25, 0.3) is 0 Å². The highest BCUT2D eigenvalue weighted by Gasteiger charge is 2.42. The molecule has 2 saturated heterocycles. The standard InChI is InChI=1S/C29H44N4O3/c1-21(2)17-25-27(34)30-22(3)20-36-16-8-7-11-29(28(35)31-25)12-14-33(15-13-29)19-24-18-23-9-5-6-10-26(23)32(24)4/h5-6,9-10,18,21-22,25H,7-8,11-17,19-20H2,1-4H3,(H,30,34)(H,31,35)/t22-,25+/m1/s1. The minimum atomic E-state index is -0.508. The fourth-order valence-corrected chi connectivity index (χ4v) is 5.78. The maximum atomic E-state index is 13.8. The molecule has 2 aliphatic rings. The van der Waals surface area contributed by atoms with Crippen LogP contribution in [0.3, 0.4) is 0 Å². The number of rotatable bonds is 4. The van der Waals surface area contributed by atoms with E-state index in [0.29, 0.717) is 25.6 Å². The molecule has 3 heterocycles. The van der Waals surface area contributed by atoms with Crippen LogP contribution in [-0.4, -0.2) is 59.7 Å². The Morgan fingerprint density at radius 3 is 2.56 bits per heavy atom. The molecule has 2 amide bonds. The summed E-state index contributed by atoms with van der Waals surface area (Å²) in [6.07, 6.45) is 5.00. The minimum Gasteiger partial charge on any atom is -0.379 e. The molecule has 2 fully saturated rings.